The summed E-state index contributed by atoms with van der Waals surface area (Å²) in [5.74, 6) is -3.63. The summed E-state index contributed by atoms with van der Waals surface area (Å²) in [6.45, 7) is 5.56. The highest BCUT2D eigenvalue weighted by molar-refractivity contribution is 6.05. The highest BCUT2D eigenvalue weighted by Crippen LogP contribution is 2.30. The van der Waals surface area contributed by atoms with Crippen LogP contribution < -0.4 is 10.2 Å². The summed E-state index contributed by atoms with van der Waals surface area (Å²) in [7, 11) is 0. The number of piperidine rings is 1. The molecule has 0 bridgehead atoms. The first-order valence-corrected chi connectivity index (χ1v) is 9.34. The minimum Gasteiger partial charge on any atom is -0.478 e. The summed E-state index contributed by atoms with van der Waals surface area (Å²) in [5.41, 5.74) is 2.80. The average Bonchev–Trinajstić information content (AvgIpc) is 2.64. The van der Waals surface area contributed by atoms with Gasteiger partial charge in [0.1, 0.15) is 11.5 Å². The van der Waals surface area contributed by atoms with Gasteiger partial charge in [-0.3, -0.25) is 4.79 Å². The van der Waals surface area contributed by atoms with E-state index in [1.165, 1.54) is 12.1 Å². The summed E-state index contributed by atoms with van der Waals surface area (Å²) in [6.07, 6.45) is -0.475. The van der Waals surface area contributed by atoms with Crippen molar-refractivity contribution in [3.63, 3.8) is 0 Å². The molecule has 1 fully saturated rings. The molecule has 1 aliphatic heterocycles. The molecule has 2 N–H and O–H groups in total. The minimum atomic E-state index is -2.65. The van der Waals surface area contributed by atoms with Crippen LogP contribution in [0.1, 0.15) is 50.4 Å². The van der Waals surface area contributed by atoms with Gasteiger partial charge in [0.15, 0.2) is 0 Å². The van der Waals surface area contributed by atoms with Crippen LogP contribution in [0.25, 0.3) is 0 Å². The molecule has 6 nitrogen and oxygen atoms in total. The molecule has 1 aromatic heterocycles. The number of aryl methyl sites for hydroxylation is 3. The van der Waals surface area contributed by atoms with E-state index in [4.69, 9.17) is 5.11 Å². The van der Waals surface area contributed by atoms with Crippen LogP contribution in [0.3, 0.4) is 0 Å². The second kappa shape index (κ2) is 7.77. The molecule has 154 valence electrons. The molecule has 0 unspecified atom stereocenters. The first kappa shape index (κ1) is 20.7. The predicted octanol–water partition coefficient (Wildman–Crippen LogP) is 4.19. The number of carbonyl (C=O) groups excluding carboxylic acids is 1. The third-order valence-corrected chi connectivity index (χ3v) is 5.13. The zero-order valence-corrected chi connectivity index (χ0v) is 16.6. The number of halogens is 2. The number of aromatic carboxylic acids is 1. The number of carbonyl (C=O) groups is 2. The summed E-state index contributed by atoms with van der Waals surface area (Å²) < 4.78 is 26.8. The van der Waals surface area contributed by atoms with Gasteiger partial charge < -0.3 is 15.3 Å². The van der Waals surface area contributed by atoms with Crippen molar-refractivity contribution in [2.75, 3.05) is 23.3 Å². The van der Waals surface area contributed by atoms with Crippen molar-refractivity contribution in [3.05, 3.63) is 52.2 Å². The van der Waals surface area contributed by atoms with Crippen LogP contribution in [0.2, 0.25) is 0 Å². The Morgan fingerprint density at radius 2 is 1.66 bits per heavy atom. The van der Waals surface area contributed by atoms with E-state index in [-0.39, 0.29) is 37.2 Å². The van der Waals surface area contributed by atoms with Crippen molar-refractivity contribution in [2.24, 2.45) is 0 Å². The van der Waals surface area contributed by atoms with E-state index in [9.17, 15) is 18.4 Å². The van der Waals surface area contributed by atoms with E-state index in [1.807, 2.05) is 0 Å². The van der Waals surface area contributed by atoms with E-state index in [2.05, 4.69) is 10.3 Å². The Hall–Kier alpha value is -3.03. The Balaban J connectivity index is 1.84. The lowest BCUT2D eigenvalue weighted by Crippen LogP contribution is -2.40. The van der Waals surface area contributed by atoms with E-state index in [0.717, 1.165) is 0 Å². The van der Waals surface area contributed by atoms with Crippen molar-refractivity contribution in [3.8, 4) is 0 Å². The number of carboxylic acids is 1. The Morgan fingerprint density at radius 1 is 1.07 bits per heavy atom. The second-order valence-electron chi connectivity index (χ2n) is 7.42. The number of nitrogens with zero attached hydrogens (tertiary/aromatic N) is 2. The van der Waals surface area contributed by atoms with Crippen LogP contribution >= 0.6 is 0 Å². The number of nitrogens with one attached hydrogen (secondary N) is 1. The SMILES string of the molecule is Cc1ccc(N2CCC(F)(F)CC2)nc1C(=O)Nc1c(C)cc(C(=O)O)cc1C. The topological polar surface area (TPSA) is 82.5 Å². The zero-order chi connectivity index (χ0) is 21.3. The summed E-state index contributed by atoms with van der Waals surface area (Å²) in [4.78, 5) is 30.2. The standard InChI is InChI=1S/C21H23F2N3O3/c1-12-4-5-16(26-8-6-21(22,23)7-9-26)24-18(12)19(27)25-17-13(2)10-15(20(28)29)11-14(17)3/h4-5,10-11H,6-9H2,1-3H3,(H,25,27)(H,28,29). The molecule has 2 aromatic rings. The maximum Gasteiger partial charge on any atom is 0.335 e. The summed E-state index contributed by atoms with van der Waals surface area (Å²) in [6, 6.07) is 6.47. The normalized spacial score (nSPS) is 15.8. The Bertz CT molecular complexity index is 943. The van der Waals surface area contributed by atoms with Crippen LogP contribution in [-0.2, 0) is 0 Å². The number of rotatable bonds is 4. The number of alkyl halides is 2. The van der Waals surface area contributed by atoms with Crippen LogP contribution in [-0.4, -0.2) is 41.0 Å². The zero-order valence-electron chi connectivity index (χ0n) is 16.6. The van der Waals surface area contributed by atoms with Gasteiger partial charge in [0.2, 0.25) is 0 Å². The monoisotopic (exact) mass is 403 g/mol. The molecule has 0 saturated carbocycles. The van der Waals surface area contributed by atoms with Crippen molar-refractivity contribution < 1.29 is 23.5 Å². The summed E-state index contributed by atoms with van der Waals surface area (Å²) in [5, 5.41) is 12.0. The number of aromatic nitrogens is 1. The molecule has 8 heteroatoms. The van der Waals surface area contributed by atoms with E-state index in [0.29, 0.717) is 28.2 Å². The number of hydrogen-bond acceptors (Lipinski definition) is 4. The maximum atomic E-state index is 13.4. The first-order valence-electron chi connectivity index (χ1n) is 9.34. The van der Waals surface area contributed by atoms with Crippen molar-refractivity contribution in [1.29, 1.82) is 0 Å². The van der Waals surface area contributed by atoms with Gasteiger partial charge in [-0.05, 0) is 55.7 Å². The molecule has 0 spiro atoms. The molecule has 1 amide bonds. The second-order valence-corrected chi connectivity index (χ2v) is 7.42. The number of hydrogen-bond donors (Lipinski definition) is 2. The van der Waals surface area contributed by atoms with E-state index < -0.39 is 17.8 Å². The molecule has 0 atom stereocenters. The number of carboxylic acid groups (broad SMARTS) is 1. The lowest BCUT2D eigenvalue weighted by atomic mass is 10.0. The molecule has 2 heterocycles. The van der Waals surface area contributed by atoms with E-state index >= 15 is 0 Å². The maximum absolute atomic E-state index is 13.4. The number of pyridine rings is 1. The number of benzene rings is 1. The van der Waals surface area contributed by atoms with E-state index in [1.54, 1.807) is 37.8 Å². The largest absolute Gasteiger partial charge is 0.478 e. The predicted molar refractivity (Wildman–Crippen MR) is 106 cm³/mol. The fourth-order valence-corrected chi connectivity index (χ4v) is 3.44. The Morgan fingerprint density at radius 3 is 2.21 bits per heavy atom. The number of anilines is 2. The Labute approximate surface area is 167 Å². The highest BCUT2D eigenvalue weighted by Gasteiger charge is 2.34. The highest BCUT2D eigenvalue weighted by atomic mass is 19.3. The third kappa shape index (κ3) is 4.52. The van der Waals surface area contributed by atoms with Crippen molar-refractivity contribution >= 4 is 23.4 Å². The molecule has 0 radical (unpaired) electrons. The fraction of sp³-hybridized carbons (Fsp3) is 0.381. The minimum absolute atomic E-state index is 0.149. The molecule has 3 rings (SSSR count). The van der Waals surface area contributed by atoms with Crippen LogP contribution in [0.5, 0.6) is 0 Å². The molecule has 0 aliphatic carbocycles. The van der Waals surface area contributed by atoms with Gasteiger partial charge in [0.25, 0.3) is 11.8 Å². The molecule has 1 aromatic carbocycles. The molecule has 1 saturated heterocycles. The average molecular weight is 403 g/mol. The van der Waals surface area contributed by atoms with Gasteiger partial charge in [-0.2, -0.15) is 0 Å². The molecular weight excluding hydrogens is 380 g/mol. The Kier molecular flexibility index (Phi) is 5.55. The van der Waals surface area contributed by atoms with Gasteiger partial charge in [-0.1, -0.05) is 6.07 Å². The van der Waals surface area contributed by atoms with Crippen molar-refractivity contribution in [1.82, 2.24) is 4.98 Å². The molecule has 1 aliphatic rings. The van der Waals surface area contributed by atoms with Crippen molar-refractivity contribution in [2.45, 2.75) is 39.5 Å². The van der Waals surface area contributed by atoms with Gasteiger partial charge in [-0.15, -0.1) is 0 Å². The van der Waals surface area contributed by atoms with Crippen LogP contribution in [0.15, 0.2) is 24.3 Å². The lowest BCUT2D eigenvalue weighted by molar-refractivity contribution is -0.0221. The fourth-order valence-electron chi connectivity index (χ4n) is 3.44. The summed E-state index contributed by atoms with van der Waals surface area (Å²) >= 11 is 0. The van der Waals surface area contributed by atoms with Gasteiger partial charge >= 0.3 is 5.97 Å². The number of amides is 1. The first-order chi connectivity index (χ1) is 13.6. The lowest BCUT2D eigenvalue weighted by Gasteiger charge is -2.32. The van der Waals surface area contributed by atoms with Gasteiger partial charge in [-0.25, -0.2) is 18.6 Å². The molecule has 29 heavy (non-hydrogen) atoms. The van der Waals surface area contributed by atoms with Crippen LogP contribution in [0, 0.1) is 20.8 Å². The quantitative estimate of drug-likeness (QED) is 0.800. The van der Waals surface area contributed by atoms with Gasteiger partial charge in [0.05, 0.1) is 5.56 Å². The smallest absolute Gasteiger partial charge is 0.335 e. The van der Waals surface area contributed by atoms with Crippen LogP contribution in [0.4, 0.5) is 20.3 Å². The molecular formula is C21H23F2N3O3. The van der Waals surface area contributed by atoms with Gasteiger partial charge in [0, 0.05) is 31.6 Å². The third-order valence-electron chi connectivity index (χ3n) is 5.13.